The summed E-state index contributed by atoms with van der Waals surface area (Å²) in [5.41, 5.74) is 0.0212. The molecule has 0 saturated carbocycles. The fourth-order valence-electron chi connectivity index (χ4n) is 4.55. The van der Waals surface area contributed by atoms with Gasteiger partial charge < -0.3 is 19.5 Å². The highest BCUT2D eigenvalue weighted by molar-refractivity contribution is 7.25. The number of amides is 1. The molecular weight excluding hydrogens is 472 g/mol. The topological polar surface area (TPSA) is 114 Å². The quantitative estimate of drug-likeness (QED) is 0.453. The van der Waals surface area contributed by atoms with Gasteiger partial charge in [0.15, 0.2) is 11.5 Å². The number of hydrogen-bond acceptors (Lipinski definition) is 8. The molecule has 6 rings (SSSR count). The molecule has 2 aliphatic rings. The van der Waals surface area contributed by atoms with Crippen molar-refractivity contribution in [3.8, 4) is 11.5 Å². The summed E-state index contributed by atoms with van der Waals surface area (Å²) in [7, 11) is 0. The van der Waals surface area contributed by atoms with Crippen molar-refractivity contribution in [2.24, 2.45) is 0 Å². The van der Waals surface area contributed by atoms with E-state index in [0.717, 1.165) is 12.8 Å². The SMILES string of the molecule is O=C(Cn1c(=O)n(CC2CCCO2)c(=O)c2sc3ncccc3c21)Nc1ccc2c(c1)OCCO2. The van der Waals surface area contributed by atoms with E-state index >= 15 is 0 Å². The predicted molar refractivity (Wildman–Crippen MR) is 131 cm³/mol. The molecule has 35 heavy (non-hydrogen) atoms. The van der Waals surface area contributed by atoms with Gasteiger partial charge in [0.2, 0.25) is 5.91 Å². The van der Waals surface area contributed by atoms with Crippen LogP contribution < -0.4 is 26.0 Å². The van der Waals surface area contributed by atoms with Crippen LogP contribution in [0.1, 0.15) is 12.8 Å². The van der Waals surface area contributed by atoms with Crippen LogP contribution in [0, 0.1) is 0 Å². The van der Waals surface area contributed by atoms with Gasteiger partial charge in [-0.25, -0.2) is 9.78 Å². The van der Waals surface area contributed by atoms with Crippen molar-refractivity contribution in [1.82, 2.24) is 14.1 Å². The molecule has 1 aromatic carbocycles. The first-order valence-electron chi connectivity index (χ1n) is 11.4. The average molecular weight is 495 g/mol. The second-order valence-electron chi connectivity index (χ2n) is 8.46. The minimum Gasteiger partial charge on any atom is -0.486 e. The van der Waals surface area contributed by atoms with Gasteiger partial charge in [-0.1, -0.05) is 0 Å². The Morgan fingerprint density at radius 2 is 1.97 bits per heavy atom. The summed E-state index contributed by atoms with van der Waals surface area (Å²) in [4.78, 5) is 44.9. The number of benzene rings is 1. The molecule has 0 radical (unpaired) electrons. The molecule has 0 bridgehead atoms. The van der Waals surface area contributed by atoms with E-state index in [1.807, 2.05) is 0 Å². The van der Waals surface area contributed by atoms with Gasteiger partial charge in [0.25, 0.3) is 5.56 Å². The third-order valence-corrected chi connectivity index (χ3v) is 7.24. The zero-order valence-electron chi connectivity index (χ0n) is 18.7. The number of hydrogen-bond donors (Lipinski definition) is 1. The highest BCUT2D eigenvalue weighted by Gasteiger charge is 2.24. The second kappa shape index (κ2) is 8.82. The molecule has 2 aliphatic heterocycles. The number of fused-ring (bicyclic) bond motifs is 4. The van der Waals surface area contributed by atoms with Crippen LogP contribution in [-0.2, 0) is 22.6 Å². The number of nitrogens with zero attached hydrogens (tertiary/aromatic N) is 3. The molecule has 11 heteroatoms. The fraction of sp³-hybridized carbons (Fsp3) is 0.333. The molecule has 10 nitrogen and oxygen atoms in total. The molecule has 0 spiro atoms. The minimum atomic E-state index is -0.543. The Balaban J connectivity index is 1.40. The van der Waals surface area contributed by atoms with Crippen molar-refractivity contribution >= 4 is 43.4 Å². The van der Waals surface area contributed by atoms with E-state index in [4.69, 9.17) is 14.2 Å². The van der Waals surface area contributed by atoms with Gasteiger partial charge in [-0.2, -0.15) is 0 Å². The molecule has 1 atom stereocenters. The zero-order chi connectivity index (χ0) is 23.9. The van der Waals surface area contributed by atoms with E-state index in [9.17, 15) is 14.4 Å². The van der Waals surface area contributed by atoms with Crippen molar-refractivity contribution in [1.29, 1.82) is 0 Å². The largest absolute Gasteiger partial charge is 0.486 e. The maximum atomic E-state index is 13.6. The van der Waals surface area contributed by atoms with Crippen molar-refractivity contribution in [2.45, 2.75) is 32.0 Å². The summed E-state index contributed by atoms with van der Waals surface area (Å²) in [6, 6.07) is 8.68. The highest BCUT2D eigenvalue weighted by Crippen LogP contribution is 2.33. The molecule has 5 heterocycles. The molecule has 180 valence electrons. The number of pyridine rings is 1. The number of aromatic nitrogens is 3. The van der Waals surface area contributed by atoms with Crippen molar-refractivity contribution < 1.29 is 19.0 Å². The molecule has 1 amide bonds. The normalized spacial score (nSPS) is 17.2. The predicted octanol–water partition coefficient (Wildman–Crippen LogP) is 2.36. The summed E-state index contributed by atoms with van der Waals surface area (Å²) in [6.07, 6.45) is 3.10. The van der Waals surface area contributed by atoms with Gasteiger partial charge in [-0.3, -0.25) is 18.7 Å². The number of anilines is 1. The molecule has 1 saturated heterocycles. The molecular formula is C24H22N4O6S. The number of thiophene rings is 1. The Kier molecular flexibility index (Phi) is 5.50. The highest BCUT2D eigenvalue weighted by atomic mass is 32.1. The van der Waals surface area contributed by atoms with Crippen LogP contribution in [0.3, 0.4) is 0 Å². The van der Waals surface area contributed by atoms with Crippen LogP contribution in [0.4, 0.5) is 5.69 Å². The molecule has 3 aromatic heterocycles. The maximum absolute atomic E-state index is 13.6. The Morgan fingerprint density at radius 3 is 2.80 bits per heavy atom. The molecule has 4 aromatic rings. The Labute approximate surface area is 202 Å². The van der Waals surface area contributed by atoms with E-state index in [1.54, 1.807) is 36.5 Å². The first-order chi connectivity index (χ1) is 17.1. The standard InChI is InChI=1S/C24H22N4O6S/c29-19(26-14-5-6-17-18(11-14)34-10-9-33-17)13-27-20-16-4-1-7-25-22(16)35-21(20)23(30)28(24(27)31)12-15-3-2-8-32-15/h1,4-7,11,15H,2-3,8-10,12-13H2,(H,26,29). The van der Waals surface area contributed by atoms with Crippen LogP contribution in [-0.4, -0.2) is 45.9 Å². The number of carbonyl (C=O) groups is 1. The summed E-state index contributed by atoms with van der Waals surface area (Å²) in [5.74, 6) is 0.759. The summed E-state index contributed by atoms with van der Waals surface area (Å²) in [5, 5.41) is 3.49. The lowest BCUT2D eigenvalue weighted by Crippen LogP contribution is -2.43. The van der Waals surface area contributed by atoms with Crippen LogP contribution >= 0.6 is 11.3 Å². The van der Waals surface area contributed by atoms with E-state index in [2.05, 4.69) is 10.3 Å². The first-order valence-corrected chi connectivity index (χ1v) is 12.2. The smallest absolute Gasteiger partial charge is 0.332 e. The van der Waals surface area contributed by atoms with Crippen molar-refractivity contribution in [3.05, 3.63) is 57.4 Å². The molecule has 1 fully saturated rings. The fourth-order valence-corrected chi connectivity index (χ4v) is 5.64. The van der Waals surface area contributed by atoms with Gasteiger partial charge in [0, 0.05) is 29.9 Å². The number of rotatable bonds is 5. The maximum Gasteiger partial charge on any atom is 0.332 e. The van der Waals surface area contributed by atoms with E-state index in [-0.39, 0.29) is 24.8 Å². The summed E-state index contributed by atoms with van der Waals surface area (Å²) < 4.78 is 19.7. The molecule has 1 N–H and O–H groups in total. The van der Waals surface area contributed by atoms with Crippen molar-refractivity contribution in [3.63, 3.8) is 0 Å². The Hall–Kier alpha value is -3.70. The molecule has 1 unspecified atom stereocenters. The number of nitrogens with one attached hydrogen (secondary N) is 1. The summed E-state index contributed by atoms with van der Waals surface area (Å²) >= 11 is 1.22. The lowest BCUT2D eigenvalue weighted by molar-refractivity contribution is -0.116. The van der Waals surface area contributed by atoms with Crippen LogP contribution in [0.15, 0.2) is 46.1 Å². The lowest BCUT2D eigenvalue weighted by Gasteiger charge is -2.19. The second-order valence-corrected chi connectivity index (χ2v) is 9.46. The lowest BCUT2D eigenvalue weighted by atomic mass is 10.2. The summed E-state index contributed by atoms with van der Waals surface area (Å²) in [6.45, 7) is 1.40. The van der Waals surface area contributed by atoms with Gasteiger partial charge in [0.1, 0.15) is 29.3 Å². The number of carbonyl (C=O) groups excluding carboxylic acids is 1. The average Bonchev–Trinajstić information content (AvgIpc) is 3.52. The molecule has 0 aliphatic carbocycles. The van der Waals surface area contributed by atoms with Crippen LogP contribution in [0.2, 0.25) is 0 Å². The van der Waals surface area contributed by atoms with Crippen LogP contribution in [0.5, 0.6) is 11.5 Å². The van der Waals surface area contributed by atoms with E-state index in [1.165, 1.54) is 20.5 Å². The third-order valence-electron chi connectivity index (χ3n) is 6.15. The van der Waals surface area contributed by atoms with Gasteiger partial charge in [0.05, 0.1) is 18.2 Å². The third kappa shape index (κ3) is 3.96. The van der Waals surface area contributed by atoms with Crippen LogP contribution in [0.25, 0.3) is 20.4 Å². The minimum absolute atomic E-state index is 0.152. The Bertz CT molecular complexity index is 1570. The van der Waals surface area contributed by atoms with Gasteiger partial charge in [-0.05, 0) is 37.1 Å². The first kappa shape index (κ1) is 21.8. The van der Waals surface area contributed by atoms with Gasteiger partial charge in [-0.15, -0.1) is 11.3 Å². The van der Waals surface area contributed by atoms with E-state index < -0.39 is 11.6 Å². The van der Waals surface area contributed by atoms with Gasteiger partial charge >= 0.3 is 5.69 Å². The zero-order valence-corrected chi connectivity index (χ0v) is 19.5. The monoisotopic (exact) mass is 494 g/mol. The Morgan fingerprint density at radius 1 is 1.11 bits per heavy atom. The van der Waals surface area contributed by atoms with E-state index in [0.29, 0.717) is 57.4 Å². The number of ether oxygens (including phenoxy) is 3. The van der Waals surface area contributed by atoms with Crippen molar-refractivity contribution in [2.75, 3.05) is 25.1 Å².